The molecule has 0 amide bonds. The van der Waals surface area contributed by atoms with E-state index in [0.29, 0.717) is 5.41 Å². The van der Waals surface area contributed by atoms with Crippen molar-refractivity contribution in [2.75, 3.05) is 0 Å². The smallest absolute Gasteiger partial charge is 0.0262 e. The molecule has 0 heteroatoms. The Kier molecular flexibility index (Phi) is 4.89. The van der Waals surface area contributed by atoms with Crippen LogP contribution in [0.2, 0.25) is 0 Å². The molecule has 2 atom stereocenters. The molecule has 1 rings (SSSR count). The Morgan fingerprint density at radius 3 is 2.53 bits per heavy atom. The van der Waals surface area contributed by atoms with Gasteiger partial charge in [-0.05, 0) is 49.4 Å². The van der Waals surface area contributed by atoms with Gasteiger partial charge in [-0.15, -0.1) is 0 Å². The zero-order chi connectivity index (χ0) is 11.3. The van der Waals surface area contributed by atoms with Crippen LogP contribution in [-0.2, 0) is 0 Å². The maximum atomic E-state index is 2.44. The van der Waals surface area contributed by atoms with Crippen molar-refractivity contribution in [2.45, 2.75) is 66.2 Å². The third-order valence-electron chi connectivity index (χ3n) is 3.83. The Morgan fingerprint density at radius 2 is 1.80 bits per heavy atom. The molecule has 0 aromatic rings. The summed E-state index contributed by atoms with van der Waals surface area (Å²) in [6.45, 7) is 9.63. The molecule has 2 unspecified atom stereocenters. The Bertz CT molecular complexity index is 200. The van der Waals surface area contributed by atoms with E-state index in [1.165, 1.54) is 38.5 Å². The molecule has 0 aromatic heterocycles. The molecule has 0 aliphatic heterocycles. The van der Waals surface area contributed by atoms with Crippen molar-refractivity contribution in [1.82, 2.24) is 0 Å². The van der Waals surface area contributed by atoms with Gasteiger partial charge in [0.25, 0.3) is 0 Å². The van der Waals surface area contributed by atoms with Gasteiger partial charge in [0.15, 0.2) is 0 Å². The van der Waals surface area contributed by atoms with Crippen LogP contribution in [0.15, 0.2) is 12.2 Å². The Hall–Kier alpha value is -0.260. The second-order valence-corrected chi connectivity index (χ2v) is 6.34. The molecule has 0 radical (unpaired) electrons. The first-order valence-electron chi connectivity index (χ1n) is 6.66. The van der Waals surface area contributed by atoms with Crippen molar-refractivity contribution >= 4 is 0 Å². The average molecular weight is 208 g/mol. The first-order chi connectivity index (χ1) is 6.99. The number of hydrogen-bond acceptors (Lipinski definition) is 0. The van der Waals surface area contributed by atoms with E-state index in [-0.39, 0.29) is 0 Å². The maximum absolute atomic E-state index is 2.44. The van der Waals surface area contributed by atoms with Crippen molar-refractivity contribution in [1.29, 1.82) is 0 Å². The van der Waals surface area contributed by atoms with Gasteiger partial charge in [0.2, 0.25) is 0 Å². The molecule has 1 aliphatic rings. The van der Waals surface area contributed by atoms with Gasteiger partial charge in [-0.3, -0.25) is 0 Å². The normalized spacial score (nSPS) is 35.5. The molecular formula is C15H28. The Morgan fingerprint density at radius 1 is 1.07 bits per heavy atom. The van der Waals surface area contributed by atoms with E-state index in [2.05, 4.69) is 39.8 Å². The van der Waals surface area contributed by atoms with Gasteiger partial charge in [0, 0.05) is 0 Å². The highest BCUT2D eigenvalue weighted by Gasteiger charge is 2.19. The molecule has 0 fully saturated rings. The molecule has 0 bridgehead atoms. The summed E-state index contributed by atoms with van der Waals surface area (Å²) in [5.74, 6) is 1.65. The fourth-order valence-corrected chi connectivity index (χ4v) is 2.42. The lowest BCUT2D eigenvalue weighted by molar-refractivity contribution is 0.267. The topological polar surface area (TPSA) is 0 Å². The first-order valence-corrected chi connectivity index (χ1v) is 6.66. The number of rotatable bonds is 0. The standard InChI is InChI=1S/C15H28/c1-13-7-5-8-14(2)10-12-15(3,4)11-6-9-13/h5,7,13-14H,6,8-12H2,1-4H3/b7-5-. The summed E-state index contributed by atoms with van der Waals surface area (Å²) in [6, 6.07) is 0. The fraction of sp³-hybridized carbons (Fsp3) is 0.867. The van der Waals surface area contributed by atoms with E-state index in [4.69, 9.17) is 0 Å². The molecule has 0 saturated heterocycles. The van der Waals surface area contributed by atoms with E-state index in [1.54, 1.807) is 0 Å². The van der Waals surface area contributed by atoms with Crippen LogP contribution in [0.4, 0.5) is 0 Å². The lowest BCUT2D eigenvalue weighted by Crippen LogP contribution is -2.12. The monoisotopic (exact) mass is 208 g/mol. The first kappa shape index (κ1) is 12.8. The van der Waals surface area contributed by atoms with E-state index in [9.17, 15) is 0 Å². The molecule has 0 N–H and O–H groups in total. The highest BCUT2D eigenvalue weighted by atomic mass is 14.2. The molecule has 15 heavy (non-hydrogen) atoms. The fourth-order valence-electron chi connectivity index (χ4n) is 2.42. The van der Waals surface area contributed by atoms with Crippen LogP contribution in [0.3, 0.4) is 0 Å². The Balaban J connectivity index is 2.54. The summed E-state index contributed by atoms with van der Waals surface area (Å²) in [7, 11) is 0. The van der Waals surface area contributed by atoms with Crippen LogP contribution >= 0.6 is 0 Å². The zero-order valence-corrected chi connectivity index (χ0v) is 11.1. The summed E-state index contributed by atoms with van der Waals surface area (Å²) in [5.41, 5.74) is 0.568. The van der Waals surface area contributed by atoms with Crippen molar-refractivity contribution in [3.63, 3.8) is 0 Å². The van der Waals surface area contributed by atoms with Crippen LogP contribution in [0, 0.1) is 17.3 Å². The summed E-state index contributed by atoms with van der Waals surface area (Å²) in [6.07, 6.45) is 13.1. The predicted molar refractivity (Wildman–Crippen MR) is 69.0 cm³/mol. The highest BCUT2D eigenvalue weighted by molar-refractivity contribution is 4.88. The van der Waals surface area contributed by atoms with Gasteiger partial charge in [-0.2, -0.15) is 0 Å². The molecule has 0 spiro atoms. The van der Waals surface area contributed by atoms with Gasteiger partial charge >= 0.3 is 0 Å². The van der Waals surface area contributed by atoms with Gasteiger partial charge < -0.3 is 0 Å². The predicted octanol–water partition coefficient (Wildman–Crippen LogP) is 5.20. The average Bonchev–Trinajstić information content (AvgIpc) is 2.15. The zero-order valence-electron chi connectivity index (χ0n) is 11.1. The van der Waals surface area contributed by atoms with Crippen LogP contribution in [0.1, 0.15) is 66.2 Å². The van der Waals surface area contributed by atoms with Crippen LogP contribution in [0.25, 0.3) is 0 Å². The number of allylic oxidation sites excluding steroid dienone is 2. The minimum Gasteiger partial charge on any atom is -0.0880 e. The molecular weight excluding hydrogens is 180 g/mol. The highest BCUT2D eigenvalue weighted by Crippen LogP contribution is 2.32. The lowest BCUT2D eigenvalue weighted by Gasteiger charge is -2.26. The van der Waals surface area contributed by atoms with Crippen molar-refractivity contribution in [3.8, 4) is 0 Å². The molecule has 0 nitrogen and oxygen atoms in total. The second kappa shape index (κ2) is 5.72. The SMILES string of the molecule is CC1/C=C\CC(C)CCC(C)(C)CCC1. The molecule has 0 aromatic carbocycles. The van der Waals surface area contributed by atoms with E-state index < -0.39 is 0 Å². The molecule has 88 valence electrons. The third kappa shape index (κ3) is 5.39. The van der Waals surface area contributed by atoms with E-state index in [1.807, 2.05) is 0 Å². The van der Waals surface area contributed by atoms with Crippen LogP contribution < -0.4 is 0 Å². The third-order valence-corrected chi connectivity index (χ3v) is 3.83. The lowest BCUT2D eigenvalue weighted by atomic mass is 9.80. The van der Waals surface area contributed by atoms with Crippen molar-refractivity contribution in [3.05, 3.63) is 12.2 Å². The summed E-state index contributed by atoms with van der Waals surface area (Å²) in [5, 5.41) is 0. The van der Waals surface area contributed by atoms with Crippen LogP contribution in [0.5, 0.6) is 0 Å². The van der Waals surface area contributed by atoms with E-state index in [0.717, 1.165) is 11.8 Å². The minimum atomic E-state index is 0.568. The second-order valence-electron chi connectivity index (χ2n) is 6.34. The van der Waals surface area contributed by atoms with Gasteiger partial charge in [-0.25, -0.2) is 0 Å². The molecule has 0 heterocycles. The van der Waals surface area contributed by atoms with Gasteiger partial charge in [-0.1, -0.05) is 46.3 Å². The molecule has 0 saturated carbocycles. The van der Waals surface area contributed by atoms with Gasteiger partial charge in [0.1, 0.15) is 0 Å². The number of hydrogen-bond donors (Lipinski definition) is 0. The largest absolute Gasteiger partial charge is 0.0880 e. The minimum absolute atomic E-state index is 0.568. The summed E-state index contributed by atoms with van der Waals surface area (Å²) < 4.78 is 0. The Labute approximate surface area is 96.2 Å². The quantitative estimate of drug-likeness (QED) is 0.480. The van der Waals surface area contributed by atoms with E-state index >= 15 is 0 Å². The van der Waals surface area contributed by atoms with Crippen molar-refractivity contribution in [2.24, 2.45) is 17.3 Å². The molecule has 1 aliphatic carbocycles. The van der Waals surface area contributed by atoms with Crippen LogP contribution in [-0.4, -0.2) is 0 Å². The maximum Gasteiger partial charge on any atom is -0.0262 e. The summed E-state index contributed by atoms with van der Waals surface area (Å²) in [4.78, 5) is 0. The summed E-state index contributed by atoms with van der Waals surface area (Å²) >= 11 is 0. The van der Waals surface area contributed by atoms with Crippen molar-refractivity contribution < 1.29 is 0 Å². The van der Waals surface area contributed by atoms with Gasteiger partial charge in [0.05, 0.1) is 0 Å².